The van der Waals surface area contributed by atoms with Crippen LogP contribution in [0.5, 0.6) is 5.75 Å². The molecule has 31 heavy (non-hydrogen) atoms. The number of benzene rings is 1. The molecule has 2 aliphatic rings. The molecule has 1 aromatic carbocycles. The van der Waals surface area contributed by atoms with Gasteiger partial charge in [-0.15, -0.1) is 11.3 Å². The van der Waals surface area contributed by atoms with E-state index in [1.807, 2.05) is 25.1 Å². The second kappa shape index (κ2) is 7.06. The molecule has 1 atom stereocenters. The smallest absolute Gasteiger partial charge is 0.284 e. The summed E-state index contributed by atoms with van der Waals surface area (Å²) in [5.41, 5.74) is 2.98. The topological polar surface area (TPSA) is 75.2 Å². The van der Waals surface area contributed by atoms with Crippen LogP contribution in [0.3, 0.4) is 0 Å². The number of thiophene rings is 1. The quantitative estimate of drug-likeness (QED) is 0.502. The fourth-order valence-electron chi connectivity index (χ4n) is 4.55. The average molecular weight is 440 g/mol. The van der Waals surface area contributed by atoms with Crippen molar-refractivity contribution >= 4 is 37.5 Å². The number of aryl methyl sites for hydroxylation is 1. The van der Waals surface area contributed by atoms with Crippen LogP contribution in [0.4, 0.5) is 10.1 Å². The van der Waals surface area contributed by atoms with Crippen LogP contribution in [0.25, 0.3) is 20.4 Å². The molecule has 0 spiro atoms. The molecule has 1 unspecified atom stereocenters. The third-order valence-corrected chi connectivity index (χ3v) is 7.28. The Balaban J connectivity index is 1.35. The molecule has 6 rings (SSSR count). The van der Waals surface area contributed by atoms with E-state index < -0.39 is 0 Å². The number of H-pyrrole nitrogens is 1. The summed E-state index contributed by atoms with van der Waals surface area (Å²) in [5, 5.41) is 7.49. The number of anilines is 1. The number of fused-ring (bicyclic) bond motifs is 4. The molecule has 160 valence electrons. The number of aromatic amines is 1. The van der Waals surface area contributed by atoms with Gasteiger partial charge in [0.05, 0.1) is 11.6 Å². The van der Waals surface area contributed by atoms with E-state index in [0.29, 0.717) is 29.0 Å². The molecule has 0 aliphatic carbocycles. The van der Waals surface area contributed by atoms with Gasteiger partial charge >= 0.3 is 0 Å². The highest BCUT2D eigenvalue weighted by Crippen LogP contribution is 2.36. The summed E-state index contributed by atoms with van der Waals surface area (Å²) in [5.74, 6) is 0.304. The van der Waals surface area contributed by atoms with Crippen LogP contribution in [0, 0.1) is 12.7 Å². The van der Waals surface area contributed by atoms with E-state index in [1.165, 1.54) is 11.3 Å². The standard InChI is InChI=1S/C22H22FN5O2S/c1-12-2-3-15-19-20(31-21(15)25-12)22(29)28(26-19)14-8-16-17(23)9-13(10-18(16)30-11-14)27-6-4-24-5-7-27/h2-3,9-10,14,24,26H,4-8,11H2,1H3. The Labute approximate surface area is 181 Å². The molecule has 9 heteroatoms. The molecule has 1 saturated heterocycles. The monoisotopic (exact) mass is 439 g/mol. The van der Waals surface area contributed by atoms with Gasteiger partial charge in [0.1, 0.15) is 27.7 Å². The van der Waals surface area contributed by atoms with Gasteiger partial charge in [-0.2, -0.15) is 0 Å². The van der Waals surface area contributed by atoms with Crippen molar-refractivity contribution in [2.75, 3.05) is 37.7 Å². The van der Waals surface area contributed by atoms with Crippen LogP contribution < -0.4 is 20.5 Å². The summed E-state index contributed by atoms with van der Waals surface area (Å²) in [6.07, 6.45) is 0.409. The summed E-state index contributed by atoms with van der Waals surface area (Å²) >= 11 is 1.39. The Kier molecular flexibility index (Phi) is 4.29. The van der Waals surface area contributed by atoms with Crippen molar-refractivity contribution in [1.82, 2.24) is 20.1 Å². The highest BCUT2D eigenvalue weighted by atomic mass is 32.1. The van der Waals surface area contributed by atoms with E-state index >= 15 is 4.39 Å². The fraction of sp³-hybridized carbons (Fsp3) is 0.364. The summed E-state index contributed by atoms with van der Waals surface area (Å²) in [6, 6.07) is 7.16. The second-order valence-corrected chi connectivity index (χ2v) is 9.21. The lowest BCUT2D eigenvalue weighted by molar-refractivity contribution is 0.209. The number of hydrogen-bond donors (Lipinski definition) is 2. The van der Waals surface area contributed by atoms with E-state index in [9.17, 15) is 4.79 Å². The van der Waals surface area contributed by atoms with Crippen LogP contribution in [-0.2, 0) is 6.42 Å². The number of rotatable bonds is 2. The molecule has 2 N–H and O–H groups in total. The lowest BCUT2D eigenvalue weighted by Crippen LogP contribution is -2.43. The third-order valence-electron chi connectivity index (χ3n) is 6.20. The van der Waals surface area contributed by atoms with Gasteiger partial charge in [-0.3, -0.25) is 9.89 Å². The Morgan fingerprint density at radius 2 is 2.10 bits per heavy atom. The van der Waals surface area contributed by atoms with Crippen molar-refractivity contribution in [3.63, 3.8) is 0 Å². The van der Waals surface area contributed by atoms with E-state index in [2.05, 4.69) is 20.3 Å². The zero-order chi connectivity index (χ0) is 21.1. The first-order chi connectivity index (χ1) is 15.1. The normalized spacial score (nSPS) is 19.0. The average Bonchev–Trinajstić information content (AvgIpc) is 3.30. The summed E-state index contributed by atoms with van der Waals surface area (Å²) in [6.45, 7) is 5.72. The van der Waals surface area contributed by atoms with Gasteiger partial charge in [0, 0.05) is 61.0 Å². The number of halogens is 1. The maximum Gasteiger partial charge on any atom is 0.284 e. The first-order valence-corrected chi connectivity index (χ1v) is 11.3. The van der Waals surface area contributed by atoms with Crippen molar-refractivity contribution in [2.45, 2.75) is 19.4 Å². The molecule has 5 heterocycles. The van der Waals surface area contributed by atoms with E-state index in [4.69, 9.17) is 4.74 Å². The minimum atomic E-state index is -0.285. The molecule has 4 aromatic rings. The number of piperazine rings is 1. The molecule has 0 amide bonds. The molecule has 0 radical (unpaired) electrons. The van der Waals surface area contributed by atoms with Crippen LogP contribution in [0.15, 0.2) is 29.1 Å². The van der Waals surface area contributed by atoms with Gasteiger partial charge in [-0.05, 0) is 25.1 Å². The number of ether oxygens (including phenoxy) is 1. The van der Waals surface area contributed by atoms with Gasteiger partial charge in [-0.25, -0.2) is 14.1 Å². The molecule has 0 bridgehead atoms. The van der Waals surface area contributed by atoms with Crippen molar-refractivity contribution in [3.8, 4) is 5.75 Å². The zero-order valence-corrected chi connectivity index (χ0v) is 17.9. The number of nitrogens with one attached hydrogen (secondary N) is 2. The van der Waals surface area contributed by atoms with Gasteiger partial charge in [-0.1, -0.05) is 0 Å². The van der Waals surface area contributed by atoms with Crippen molar-refractivity contribution < 1.29 is 9.13 Å². The summed E-state index contributed by atoms with van der Waals surface area (Å²) < 4.78 is 23.2. The largest absolute Gasteiger partial charge is 0.491 e. The van der Waals surface area contributed by atoms with E-state index in [0.717, 1.165) is 53.3 Å². The zero-order valence-electron chi connectivity index (χ0n) is 17.1. The molecular formula is C22H22FN5O2S. The van der Waals surface area contributed by atoms with Crippen LogP contribution in [0.2, 0.25) is 0 Å². The van der Waals surface area contributed by atoms with Crippen molar-refractivity contribution in [2.24, 2.45) is 0 Å². The first-order valence-electron chi connectivity index (χ1n) is 10.5. The third kappa shape index (κ3) is 3.02. The molecule has 2 aliphatic heterocycles. The Bertz CT molecular complexity index is 1370. The fourth-order valence-corrected chi connectivity index (χ4v) is 5.65. The number of nitrogens with zero attached hydrogens (tertiary/aromatic N) is 3. The number of aromatic nitrogens is 3. The molecule has 3 aromatic heterocycles. The first kappa shape index (κ1) is 18.8. The van der Waals surface area contributed by atoms with E-state index in [-0.39, 0.29) is 17.4 Å². The Hall–Kier alpha value is -2.91. The lowest BCUT2D eigenvalue weighted by Gasteiger charge is -2.32. The summed E-state index contributed by atoms with van der Waals surface area (Å²) in [4.78, 5) is 20.6. The maximum atomic E-state index is 15.0. The minimum absolute atomic E-state index is 0.106. The molecule has 1 fully saturated rings. The Morgan fingerprint density at radius 1 is 1.26 bits per heavy atom. The predicted octanol–water partition coefficient (Wildman–Crippen LogP) is 2.97. The van der Waals surface area contributed by atoms with Crippen LogP contribution in [-0.4, -0.2) is 47.6 Å². The van der Waals surface area contributed by atoms with Crippen molar-refractivity contribution in [3.05, 3.63) is 51.7 Å². The van der Waals surface area contributed by atoms with Crippen LogP contribution in [0.1, 0.15) is 17.3 Å². The van der Waals surface area contributed by atoms with Crippen LogP contribution >= 0.6 is 11.3 Å². The van der Waals surface area contributed by atoms with E-state index in [1.54, 1.807) is 10.7 Å². The van der Waals surface area contributed by atoms with Crippen molar-refractivity contribution in [1.29, 1.82) is 0 Å². The molecule has 0 saturated carbocycles. The van der Waals surface area contributed by atoms with Gasteiger partial charge in [0.2, 0.25) is 0 Å². The Morgan fingerprint density at radius 3 is 2.94 bits per heavy atom. The second-order valence-electron chi connectivity index (χ2n) is 8.21. The minimum Gasteiger partial charge on any atom is -0.491 e. The number of pyridine rings is 1. The number of hydrogen-bond acceptors (Lipinski definition) is 6. The molecule has 7 nitrogen and oxygen atoms in total. The SMILES string of the molecule is Cc1ccc2c(n1)sc1c(=O)n(C3COc4cc(N5CCNCC5)cc(F)c4C3)[nH]c12. The maximum absolute atomic E-state index is 15.0. The predicted molar refractivity (Wildman–Crippen MR) is 120 cm³/mol. The lowest BCUT2D eigenvalue weighted by atomic mass is 10.0. The molecular weight excluding hydrogens is 417 g/mol. The van der Waals surface area contributed by atoms with Gasteiger partial charge in [0.15, 0.2) is 0 Å². The highest BCUT2D eigenvalue weighted by molar-refractivity contribution is 7.25. The van der Waals surface area contributed by atoms with Gasteiger partial charge in [0.25, 0.3) is 5.56 Å². The van der Waals surface area contributed by atoms with Gasteiger partial charge < -0.3 is 15.0 Å². The highest BCUT2D eigenvalue weighted by Gasteiger charge is 2.28. The summed E-state index contributed by atoms with van der Waals surface area (Å²) in [7, 11) is 0.